The van der Waals surface area contributed by atoms with E-state index in [0.29, 0.717) is 4.88 Å². The minimum Gasteiger partial charge on any atom is -0.297 e. The Morgan fingerprint density at radius 2 is 2.42 bits per heavy atom. The van der Waals surface area contributed by atoms with E-state index < -0.39 is 0 Å². The van der Waals surface area contributed by atoms with E-state index in [1.165, 1.54) is 11.3 Å². The summed E-state index contributed by atoms with van der Waals surface area (Å²) in [6.07, 6.45) is 7.20. The summed E-state index contributed by atoms with van der Waals surface area (Å²) < 4.78 is 0. The van der Waals surface area contributed by atoms with Crippen molar-refractivity contribution in [3.63, 3.8) is 0 Å². The number of hydrogen-bond acceptors (Lipinski definition) is 5. The van der Waals surface area contributed by atoms with E-state index in [4.69, 9.17) is 5.26 Å². The van der Waals surface area contributed by atoms with Gasteiger partial charge in [-0.3, -0.25) is 9.78 Å². The monoisotopic (exact) mass is 267 g/mol. The zero-order chi connectivity index (χ0) is 13.2. The molecule has 2 aromatic rings. The Kier molecular flexibility index (Phi) is 3.14. The molecule has 4 nitrogen and oxygen atoms in total. The molecule has 0 fully saturated rings. The summed E-state index contributed by atoms with van der Waals surface area (Å²) in [5.41, 5.74) is 2.78. The number of allylic oxidation sites excluding steroid dienone is 2. The molecule has 0 atom stereocenters. The van der Waals surface area contributed by atoms with Crippen LogP contribution in [0.2, 0.25) is 12.6 Å². The van der Waals surface area contributed by atoms with Crippen LogP contribution < -0.4 is 0 Å². The van der Waals surface area contributed by atoms with Crippen molar-refractivity contribution >= 4 is 40.3 Å². The molecular formula is C13H10BN3OS. The second-order valence-electron chi connectivity index (χ2n) is 4.54. The highest BCUT2D eigenvalue weighted by atomic mass is 32.1. The lowest BCUT2D eigenvalue weighted by Crippen LogP contribution is -2.12. The third-order valence-electron chi connectivity index (χ3n) is 3.30. The number of carbonyl (C=O) groups is 1. The molecule has 92 valence electrons. The molecule has 0 bridgehead atoms. The maximum atomic E-state index is 10.7. The molecule has 0 N–H and O–H groups in total. The molecule has 0 aliphatic carbocycles. The van der Waals surface area contributed by atoms with Crippen LogP contribution in [0.1, 0.15) is 21.8 Å². The van der Waals surface area contributed by atoms with Gasteiger partial charge >= 0.3 is 0 Å². The van der Waals surface area contributed by atoms with E-state index >= 15 is 0 Å². The van der Waals surface area contributed by atoms with Crippen LogP contribution in [0.5, 0.6) is 0 Å². The molecule has 0 aromatic carbocycles. The van der Waals surface area contributed by atoms with Crippen LogP contribution in [-0.4, -0.2) is 23.0 Å². The zero-order valence-electron chi connectivity index (χ0n) is 10.2. The number of nitrogens with zero attached hydrogens (tertiary/aromatic N) is 3. The Morgan fingerprint density at radius 1 is 1.53 bits per heavy atom. The fraction of sp³-hybridized carbons (Fsp3) is 0.231. The fourth-order valence-electron chi connectivity index (χ4n) is 2.23. The molecule has 2 aromatic heterocycles. The number of aromatic nitrogens is 2. The van der Waals surface area contributed by atoms with Crippen LogP contribution in [-0.2, 0) is 0 Å². The van der Waals surface area contributed by atoms with Crippen molar-refractivity contribution in [1.82, 2.24) is 9.97 Å². The summed E-state index contributed by atoms with van der Waals surface area (Å²) in [6.45, 7) is 0.129. The summed E-state index contributed by atoms with van der Waals surface area (Å²) >= 11 is 1.36. The van der Waals surface area contributed by atoms with Crippen molar-refractivity contribution < 1.29 is 4.79 Å². The van der Waals surface area contributed by atoms with E-state index in [9.17, 15) is 4.79 Å². The largest absolute Gasteiger partial charge is 0.297 e. The molecule has 1 aliphatic heterocycles. The number of thiophene rings is 1. The number of carbonyl (C=O) groups excluding carboxylic acids is 1. The number of nitriles is 1. The highest BCUT2D eigenvalue weighted by molar-refractivity contribution is 7.20. The Labute approximate surface area is 114 Å². The maximum absolute atomic E-state index is 10.7. The van der Waals surface area contributed by atoms with Crippen molar-refractivity contribution in [2.45, 2.75) is 19.1 Å². The summed E-state index contributed by atoms with van der Waals surface area (Å²) in [6, 6.07) is 1.75. The molecule has 6 heteroatoms. The van der Waals surface area contributed by atoms with Gasteiger partial charge in [0.1, 0.15) is 10.3 Å². The smallest absolute Gasteiger partial charge is 0.271 e. The van der Waals surface area contributed by atoms with Gasteiger partial charge in [0.15, 0.2) is 6.29 Å². The maximum Gasteiger partial charge on any atom is 0.271 e. The van der Waals surface area contributed by atoms with Crippen LogP contribution in [0.4, 0.5) is 0 Å². The van der Waals surface area contributed by atoms with Crippen LogP contribution in [0, 0.1) is 11.2 Å². The fourth-order valence-corrected chi connectivity index (χ4v) is 3.03. The molecule has 0 spiro atoms. The van der Waals surface area contributed by atoms with E-state index in [1.54, 1.807) is 12.3 Å². The van der Waals surface area contributed by atoms with Gasteiger partial charge in [-0.05, 0) is 24.4 Å². The lowest BCUT2D eigenvalue weighted by molar-refractivity contribution is 0.112. The lowest BCUT2D eigenvalue weighted by Gasteiger charge is -2.13. The van der Waals surface area contributed by atoms with Gasteiger partial charge in [0, 0.05) is 5.97 Å². The van der Waals surface area contributed by atoms with Crippen LogP contribution in [0.3, 0.4) is 0 Å². The highest BCUT2D eigenvalue weighted by Crippen LogP contribution is 2.28. The van der Waals surface area contributed by atoms with Gasteiger partial charge in [0.25, 0.3) is 6.71 Å². The van der Waals surface area contributed by atoms with Gasteiger partial charge in [-0.1, -0.05) is 12.4 Å². The first-order valence-electron chi connectivity index (χ1n) is 6.11. The van der Waals surface area contributed by atoms with E-state index in [1.807, 2.05) is 0 Å². The first-order valence-corrected chi connectivity index (χ1v) is 6.92. The van der Waals surface area contributed by atoms with Gasteiger partial charge in [-0.2, -0.15) is 0 Å². The minimum atomic E-state index is 0.129. The van der Waals surface area contributed by atoms with Crippen molar-refractivity contribution in [3.8, 4) is 5.97 Å². The average Bonchev–Trinajstić information content (AvgIpc) is 2.89. The zero-order valence-corrected chi connectivity index (χ0v) is 11.0. The Bertz CT molecular complexity index is 716. The van der Waals surface area contributed by atoms with Gasteiger partial charge < -0.3 is 0 Å². The van der Waals surface area contributed by atoms with Crippen molar-refractivity contribution in [1.29, 1.82) is 5.26 Å². The summed E-state index contributed by atoms with van der Waals surface area (Å²) in [7, 11) is 0. The van der Waals surface area contributed by atoms with E-state index in [0.717, 1.165) is 47.0 Å². The van der Waals surface area contributed by atoms with Crippen molar-refractivity contribution in [2.75, 3.05) is 0 Å². The van der Waals surface area contributed by atoms with Crippen LogP contribution in [0.15, 0.2) is 18.3 Å². The van der Waals surface area contributed by atoms with E-state index in [-0.39, 0.29) is 6.71 Å². The summed E-state index contributed by atoms with van der Waals surface area (Å²) in [4.78, 5) is 21.1. The third kappa shape index (κ3) is 2.29. The highest BCUT2D eigenvalue weighted by Gasteiger charge is 2.19. The number of rotatable bonds is 2. The molecule has 3 heterocycles. The Morgan fingerprint density at radius 3 is 3.11 bits per heavy atom. The van der Waals surface area contributed by atoms with Gasteiger partial charge in [0.2, 0.25) is 0 Å². The van der Waals surface area contributed by atoms with Gasteiger partial charge in [-0.15, -0.1) is 11.3 Å². The topological polar surface area (TPSA) is 66.6 Å². The van der Waals surface area contributed by atoms with Crippen molar-refractivity contribution in [2.24, 2.45) is 0 Å². The van der Waals surface area contributed by atoms with E-state index in [2.05, 4.69) is 22.0 Å². The number of hydrogen-bond donors (Lipinski definition) is 0. The second-order valence-corrected chi connectivity index (χ2v) is 5.60. The molecule has 0 amide bonds. The van der Waals surface area contributed by atoms with Crippen molar-refractivity contribution in [3.05, 3.63) is 28.9 Å². The predicted molar refractivity (Wildman–Crippen MR) is 76.4 cm³/mol. The third-order valence-corrected chi connectivity index (χ3v) is 4.24. The van der Waals surface area contributed by atoms with Gasteiger partial charge in [-0.25, -0.2) is 10.2 Å². The SMILES string of the molecule is N#CB1CC=C(c2cnc3cc(C=O)sc3n2)CC1. The minimum absolute atomic E-state index is 0.129. The number of aldehydes is 1. The first-order chi connectivity index (χ1) is 9.30. The average molecular weight is 267 g/mol. The Balaban J connectivity index is 1.95. The quantitative estimate of drug-likeness (QED) is 0.619. The molecule has 3 rings (SSSR count). The van der Waals surface area contributed by atoms with Crippen LogP contribution >= 0.6 is 11.3 Å². The second kappa shape index (κ2) is 4.94. The van der Waals surface area contributed by atoms with Crippen LogP contribution in [0.25, 0.3) is 15.9 Å². The molecule has 0 radical (unpaired) electrons. The number of fused-ring (bicyclic) bond motifs is 1. The summed E-state index contributed by atoms with van der Waals surface area (Å²) in [5, 5.41) is 8.88. The Hall–Kier alpha value is -2.00. The molecule has 0 unspecified atom stereocenters. The normalized spacial score (nSPS) is 15.1. The lowest BCUT2D eigenvalue weighted by atomic mass is 9.44. The standard InChI is InChI=1S/C13H10BN3OS/c15-8-14-3-1-9(2-4-14)12-6-16-11-5-10(7-18)19-13(11)17-12/h1,5-7H,2-4H2. The predicted octanol–water partition coefficient (Wildman–Crippen LogP) is 2.85. The molecule has 19 heavy (non-hydrogen) atoms. The molecular weight excluding hydrogens is 257 g/mol. The molecule has 0 saturated heterocycles. The first kappa shape index (κ1) is 12.1. The molecule has 0 saturated carbocycles. The molecule has 1 aliphatic rings. The summed E-state index contributed by atoms with van der Waals surface area (Å²) in [5.74, 6) is 2.30. The van der Waals surface area contributed by atoms with Gasteiger partial charge in [0.05, 0.1) is 16.8 Å².